The first-order chi connectivity index (χ1) is 9.94. The summed E-state index contributed by atoms with van der Waals surface area (Å²) in [5, 5.41) is 3.50. The maximum atomic E-state index is 12.3. The van der Waals surface area contributed by atoms with Gasteiger partial charge in [-0.15, -0.1) is 0 Å². The molecule has 0 radical (unpaired) electrons. The number of sulfonamides is 1. The maximum absolute atomic E-state index is 12.3. The van der Waals surface area contributed by atoms with Crippen LogP contribution in [0.1, 0.15) is 38.9 Å². The molecule has 2 atom stereocenters. The molecule has 21 heavy (non-hydrogen) atoms. The molecule has 0 spiro atoms. The number of imidazole rings is 1. The Labute approximate surface area is 127 Å². The van der Waals surface area contributed by atoms with Crippen LogP contribution in [0.4, 0.5) is 0 Å². The molecule has 1 fully saturated rings. The van der Waals surface area contributed by atoms with Crippen LogP contribution in [0.3, 0.4) is 0 Å². The molecule has 0 saturated carbocycles. The van der Waals surface area contributed by atoms with Crippen molar-refractivity contribution in [1.82, 2.24) is 19.6 Å². The third-order valence-electron chi connectivity index (χ3n) is 4.12. The lowest BCUT2D eigenvalue weighted by molar-refractivity contribution is 0.300. The summed E-state index contributed by atoms with van der Waals surface area (Å²) < 4.78 is 29.3. The number of aromatic nitrogens is 2. The molecule has 0 amide bonds. The average Bonchev–Trinajstić information content (AvgIpc) is 2.81. The lowest BCUT2D eigenvalue weighted by atomic mass is 9.93. The number of nitrogens with one attached hydrogen (secondary N) is 2. The van der Waals surface area contributed by atoms with E-state index in [0.717, 1.165) is 38.2 Å². The van der Waals surface area contributed by atoms with E-state index >= 15 is 0 Å². The summed E-state index contributed by atoms with van der Waals surface area (Å²) in [6.45, 7) is 8.21. The van der Waals surface area contributed by atoms with E-state index in [1.165, 1.54) is 0 Å². The summed E-state index contributed by atoms with van der Waals surface area (Å²) in [4.78, 5) is 4.18. The van der Waals surface area contributed by atoms with Crippen LogP contribution in [-0.2, 0) is 16.6 Å². The largest absolute Gasteiger partial charge is 0.334 e. The Morgan fingerprint density at radius 2 is 2.29 bits per heavy atom. The summed E-state index contributed by atoms with van der Waals surface area (Å²) in [5.74, 6) is 1.22. The minimum Gasteiger partial charge on any atom is -0.334 e. The summed E-state index contributed by atoms with van der Waals surface area (Å²) >= 11 is 0. The van der Waals surface area contributed by atoms with Crippen LogP contribution in [0, 0.1) is 12.8 Å². The van der Waals surface area contributed by atoms with Gasteiger partial charge in [-0.2, -0.15) is 0 Å². The Morgan fingerprint density at radius 1 is 1.52 bits per heavy atom. The summed E-state index contributed by atoms with van der Waals surface area (Å²) in [5.41, 5.74) is 0. The van der Waals surface area contributed by atoms with Crippen molar-refractivity contribution in [3.8, 4) is 0 Å². The van der Waals surface area contributed by atoms with Crippen molar-refractivity contribution in [1.29, 1.82) is 0 Å². The zero-order valence-electron chi connectivity index (χ0n) is 13.1. The molecule has 0 aliphatic carbocycles. The van der Waals surface area contributed by atoms with Gasteiger partial charge in [-0.3, -0.25) is 0 Å². The van der Waals surface area contributed by atoms with E-state index in [2.05, 4.69) is 28.9 Å². The number of hydrogen-bond acceptors (Lipinski definition) is 4. The first-order valence-electron chi connectivity index (χ1n) is 7.71. The molecule has 1 saturated heterocycles. The first-order valence-corrected chi connectivity index (χ1v) is 9.19. The maximum Gasteiger partial charge on any atom is 0.259 e. The van der Waals surface area contributed by atoms with Gasteiger partial charge in [0.05, 0.1) is 0 Å². The fourth-order valence-corrected chi connectivity index (χ4v) is 3.80. The number of aryl methyl sites for hydroxylation is 2. The second-order valence-corrected chi connectivity index (χ2v) is 7.57. The molecule has 7 heteroatoms. The minimum atomic E-state index is -3.53. The average molecular weight is 314 g/mol. The van der Waals surface area contributed by atoms with Crippen LogP contribution in [0.2, 0.25) is 0 Å². The predicted molar refractivity (Wildman–Crippen MR) is 82.6 cm³/mol. The normalized spacial score (nSPS) is 23.4. The lowest BCUT2D eigenvalue weighted by Gasteiger charge is -2.29. The molecular formula is C14H26N4O2S. The fourth-order valence-electron chi connectivity index (χ4n) is 2.74. The van der Waals surface area contributed by atoms with Gasteiger partial charge in [-0.1, -0.05) is 13.8 Å². The van der Waals surface area contributed by atoms with Gasteiger partial charge >= 0.3 is 0 Å². The fraction of sp³-hybridized carbons (Fsp3) is 0.786. The molecule has 1 aromatic heterocycles. The third-order valence-corrected chi connectivity index (χ3v) is 5.41. The van der Waals surface area contributed by atoms with E-state index in [1.54, 1.807) is 6.20 Å². The van der Waals surface area contributed by atoms with E-state index in [-0.39, 0.29) is 11.1 Å². The van der Waals surface area contributed by atoms with Gasteiger partial charge in [0.1, 0.15) is 5.82 Å². The molecule has 1 aromatic rings. The highest BCUT2D eigenvalue weighted by Gasteiger charge is 2.24. The van der Waals surface area contributed by atoms with E-state index in [9.17, 15) is 8.42 Å². The zero-order valence-corrected chi connectivity index (χ0v) is 13.9. The summed E-state index contributed by atoms with van der Waals surface area (Å²) in [6, 6.07) is 0.201. The van der Waals surface area contributed by atoms with E-state index in [0.29, 0.717) is 12.5 Å². The molecule has 2 rings (SSSR count). The molecule has 2 N–H and O–H groups in total. The monoisotopic (exact) mass is 314 g/mol. The first kappa shape index (κ1) is 16.5. The number of rotatable bonds is 6. The van der Waals surface area contributed by atoms with Crippen molar-refractivity contribution in [2.75, 3.05) is 13.1 Å². The molecule has 1 aliphatic rings. The van der Waals surface area contributed by atoms with Crippen molar-refractivity contribution < 1.29 is 8.42 Å². The smallest absolute Gasteiger partial charge is 0.259 e. The lowest BCUT2D eigenvalue weighted by Crippen LogP contribution is -2.47. The van der Waals surface area contributed by atoms with Crippen molar-refractivity contribution >= 4 is 10.0 Å². The molecule has 0 bridgehead atoms. The highest BCUT2D eigenvalue weighted by molar-refractivity contribution is 7.89. The second kappa shape index (κ2) is 6.89. The van der Waals surface area contributed by atoms with Crippen molar-refractivity contribution in [2.45, 2.75) is 57.6 Å². The summed E-state index contributed by atoms with van der Waals surface area (Å²) in [6.07, 6.45) is 4.88. The number of piperidine rings is 1. The molecule has 2 unspecified atom stereocenters. The highest BCUT2D eigenvalue weighted by atomic mass is 32.2. The second-order valence-electron chi connectivity index (χ2n) is 5.85. The quantitative estimate of drug-likeness (QED) is 0.829. The van der Waals surface area contributed by atoms with Crippen LogP contribution in [0.15, 0.2) is 11.2 Å². The molecular weight excluding hydrogens is 288 g/mol. The van der Waals surface area contributed by atoms with E-state index in [1.807, 2.05) is 11.5 Å². The Morgan fingerprint density at radius 3 is 2.95 bits per heavy atom. The van der Waals surface area contributed by atoms with Crippen LogP contribution >= 0.6 is 0 Å². The minimum absolute atomic E-state index is 0.122. The standard InChI is InChI=1S/C14H26N4O2S/c1-4-8-18-10-14(17-12(18)3)21(19,20)16-9-13-11(2)6-5-7-15-13/h10-11,13,15-16H,4-9H2,1-3H3. The Balaban J connectivity index is 2.02. The Bertz CT molecular complexity index is 568. The van der Waals surface area contributed by atoms with Gasteiger partial charge in [0.15, 0.2) is 5.03 Å². The highest BCUT2D eigenvalue weighted by Crippen LogP contribution is 2.16. The van der Waals surface area contributed by atoms with Crippen LogP contribution in [-0.4, -0.2) is 37.1 Å². The molecule has 0 aromatic carbocycles. The van der Waals surface area contributed by atoms with Crippen LogP contribution in [0.25, 0.3) is 0 Å². The molecule has 1 aliphatic heterocycles. The summed E-state index contributed by atoms with van der Waals surface area (Å²) in [7, 11) is -3.53. The SMILES string of the molecule is CCCn1cc(S(=O)(=O)NCC2NCCCC2C)nc1C. The topological polar surface area (TPSA) is 76.0 Å². The Hall–Kier alpha value is -0.920. The molecule has 6 nitrogen and oxygen atoms in total. The van der Waals surface area contributed by atoms with Gasteiger partial charge in [0.25, 0.3) is 10.0 Å². The zero-order chi connectivity index (χ0) is 15.5. The molecule has 2 heterocycles. The van der Waals surface area contributed by atoms with E-state index in [4.69, 9.17) is 0 Å². The van der Waals surface area contributed by atoms with Gasteiger partial charge in [-0.05, 0) is 38.6 Å². The number of hydrogen-bond donors (Lipinski definition) is 2. The van der Waals surface area contributed by atoms with Crippen molar-refractivity contribution in [3.05, 3.63) is 12.0 Å². The van der Waals surface area contributed by atoms with Gasteiger partial charge in [0.2, 0.25) is 0 Å². The predicted octanol–water partition coefficient (Wildman–Crippen LogP) is 1.27. The van der Waals surface area contributed by atoms with E-state index < -0.39 is 10.0 Å². The number of nitrogens with zero attached hydrogens (tertiary/aromatic N) is 2. The van der Waals surface area contributed by atoms with Gasteiger partial charge in [-0.25, -0.2) is 18.1 Å². The van der Waals surface area contributed by atoms with Crippen molar-refractivity contribution in [2.24, 2.45) is 5.92 Å². The third kappa shape index (κ3) is 4.05. The van der Waals surface area contributed by atoms with Gasteiger partial charge < -0.3 is 9.88 Å². The van der Waals surface area contributed by atoms with Gasteiger partial charge in [0, 0.05) is 25.3 Å². The Kier molecular flexibility index (Phi) is 5.40. The van der Waals surface area contributed by atoms with Crippen LogP contribution < -0.4 is 10.0 Å². The van der Waals surface area contributed by atoms with Crippen molar-refractivity contribution in [3.63, 3.8) is 0 Å². The van der Waals surface area contributed by atoms with Crippen LogP contribution in [0.5, 0.6) is 0 Å². The molecule has 120 valence electrons.